The molecule has 4 nitrogen and oxygen atoms in total. The van der Waals surface area contributed by atoms with Gasteiger partial charge in [0.25, 0.3) is 0 Å². The van der Waals surface area contributed by atoms with Crippen LogP contribution in [0.15, 0.2) is 60.2 Å². The topological polar surface area (TPSA) is 52.6 Å². The molecule has 0 radical (unpaired) electrons. The van der Waals surface area contributed by atoms with E-state index in [1.165, 1.54) is 13.2 Å². The largest absolute Gasteiger partial charge is 0.466 e. The number of hydrogen-bond acceptors (Lipinski definition) is 4. The third kappa shape index (κ3) is 6.01. The smallest absolute Gasteiger partial charge is 0.336 e. The van der Waals surface area contributed by atoms with Crippen LogP contribution in [0.3, 0.4) is 0 Å². The zero-order valence-corrected chi connectivity index (χ0v) is 18.4. The number of rotatable bonds is 7. The average molecular weight is 397 g/mol. The first kappa shape index (κ1) is 21.8. The second-order valence-corrected chi connectivity index (χ2v) is 12.3. The van der Waals surface area contributed by atoms with Crippen LogP contribution >= 0.6 is 0 Å². The Kier molecular flexibility index (Phi) is 7.10. The highest BCUT2D eigenvalue weighted by atomic mass is 28.4. The Morgan fingerprint density at radius 2 is 1.39 bits per heavy atom. The maximum absolute atomic E-state index is 12.8. The number of aryl methyl sites for hydroxylation is 2. The summed E-state index contributed by atoms with van der Waals surface area (Å²) in [6.45, 7) is 10.1. The maximum Gasteiger partial charge on any atom is 0.336 e. The van der Waals surface area contributed by atoms with Gasteiger partial charge in [0.05, 0.1) is 12.7 Å². The minimum Gasteiger partial charge on any atom is -0.466 e. The Bertz CT molecular complexity index is 859. The zero-order chi connectivity index (χ0) is 20.9. The Morgan fingerprint density at radius 1 is 0.893 bits per heavy atom. The standard InChI is InChI=1S/C23H28O4Si/c1-16-7-11-18(12-8-16)21(24)15-20(23(25)26-3)22(27-28(4,5)6)19-13-9-17(2)10-14-19/h7-15,22H,1-6H3/b20-15-. The number of ketones is 1. The molecule has 0 bridgehead atoms. The van der Waals surface area contributed by atoms with E-state index in [1.807, 2.05) is 69.9 Å². The van der Waals surface area contributed by atoms with E-state index >= 15 is 0 Å². The predicted molar refractivity (Wildman–Crippen MR) is 114 cm³/mol. The highest BCUT2D eigenvalue weighted by molar-refractivity contribution is 6.69. The van der Waals surface area contributed by atoms with Crippen LogP contribution in [-0.4, -0.2) is 27.2 Å². The van der Waals surface area contributed by atoms with Crippen LogP contribution in [0, 0.1) is 13.8 Å². The fourth-order valence-electron chi connectivity index (χ4n) is 2.71. The molecule has 0 aromatic heterocycles. The van der Waals surface area contributed by atoms with E-state index in [-0.39, 0.29) is 11.4 Å². The molecule has 0 saturated carbocycles. The van der Waals surface area contributed by atoms with Crippen LogP contribution < -0.4 is 0 Å². The van der Waals surface area contributed by atoms with Gasteiger partial charge in [-0.05, 0) is 45.1 Å². The van der Waals surface area contributed by atoms with Crippen LogP contribution in [0.5, 0.6) is 0 Å². The highest BCUT2D eigenvalue weighted by Crippen LogP contribution is 2.31. The van der Waals surface area contributed by atoms with E-state index in [2.05, 4.69) is 0 Å². The molecule has 5 heteroatoms. The molecule has 2 aromatic rings. The molecule has 2 aromatic carbocycles. The summed E-state index contributed by atoms with van der Waals surface area (Å²) in [4.78, 5) is 25.4. The molecule has 0 amide bonds. The Balaban J connectivity index is 2.53. The van der Waals surface area contributed by atoms with Gasteiger partial charge >= 0.3 is 5.97 Å². The second kappa shape index (κ2) is 9.13. The first-order valence-corrected chi connectivity index (χ1v) is 12.7. The van der Waals surface area contributed by atoms with Gasteiger partial charge in [0.1, 0.15) is 6.10 Å². The number of benzene rings is 2. The molecule has 148 valence electrons. The van der Waals surface area contributed by atoms with Crippen molar-refractivity contribution < 1.29 is 18.8 Å². The van der Waals surface area contributed by atoms with Crippen molar-refractivity contribution in [3.8, 4) is 0 Å². The van der Waals surface area contributed by atoms with E-state index in [9.17, 15) is 9.59 Å². The summed E-state index contributed by atoms with van der Waals surface area (Å²) in [6.07, 6.45) is 0.690. The SMILES string of the molecule is COC(=O)/C(=C\C(=O)c1ccc(C)cc1)C(O[Si](C)(C)C)c1ccc(C)cc1. The van der Waals surface area contributed by atoms with Crippen molar-refractivity contribution in [2.45, 2.75) is 39.6 Å². The fourth-order valence-corrected chi connectivity index (χ4v) is 3.68. The molecular weight excluding hydrogens is 368 g/mol. The summed E-state index contributed by atoms with van der Waals surface area (Å²) in [6, 6.07) is 15.0. The van der Waals surface area contributed by atoms with Crippen LogP contribution in [0.4, 0.5) is 0 Å². The van der Waals surface area contributed by atoms with Gasteiger partial charge < -0.3 is 9.16 Å². The molecule has 1 unspecified atom stereocenters. The van der Waals surface area contributed by atoms with Gasteiger partial charge in [0.2, 0.25) is 0 Å². The van der Waals surface area contributed by atoms with Gasteiger partial charge in [-0.3, -0.25) is 4.79 Å². The molecule has 0 aliphatic heterocycles. The number of esters is 1. The lowest BCUT2D eigenvalue weighted by molar-refractivity contribution is -0.137. The van der Waals surface area contributed by atoms with Gasteiger partial charge in [0.15, 0.2) is 14.1 Å². The van der Waals surface area contributed by atoms with Crippen molar-refractivity contribution in [2.24, 2.45) is 0 Å². The number of carbonyl (C=O) groups is 2. The molecule has 0 aliphatic carbocycles. The molecule has 0 saturated heterocycles. The minimum atomic E-state index is -2.04. The lowest BCUT2D eigenvalue weighted by Crippen LogP contribution is -2.31. The summed E-state index contributed by atoms with van der Waals surface area (Å²) in [5.74, 6) is -0.819. The monoisotopic (exact) mass is 396 g/mol. The molecule has 0 aliphatic rings. The predicted octanol–water partition coefficient (Wildman–Crippen LogP) is 5.18. The quantitative estimate of drug-likeness (QED) is 0.280. The first-order valence-electron chi connectivity index (χ1n) is 9.26. The van der Waals surface area contributed by atoms with Crippen molar-refractivity contribution in [1.82, 2.24) is 0 Å². The average Bonchev–Trinajstić information content (AvgIpc) is 2.64. The van der Waals surface area contributed by atoms with Crippen molar-refractivity contribution in [3.63, 3.8) is 0 Å². The number of carbonyl (C=O) groups excluding carboxylic acids is 2. The first-order chi connectivity index (χ1) is 13.1. The normalized spacial score (nSPS) is 13.1. The fraction of sp³-hybridized carbons (Fsp3) is 0.304. The van der Waals surface area contributed by atoms with Crippen LogP contribution in [-0.2, 0) is 14.0 Å². The Hall–Kier alpha value is -2.50. The Labute approximate surface area is 168 Å². The third-order valence-corrected chi connectivity index (χ3v) is 5.12. The number of allylic oxidation sites excluding steroid dienone is 1. The molecular formula is C23H28O4Si. The molecule has 0 spiro atoms. The molecule has 0 N–H and O–H groups in total. The van der Waals surface area contributed by atoms with Gasteiger partial charge in [0, 0.05) is 5.56 Å². The molecule has 28 heavy (non-hydrogen) atoms. The van der Waals surface area contributed by atoms with Crippen molar-refractivity contribution >= 4 is 20.1 Å². The van der Waals surface area contributed by atoms with E-state index in [0.29, 0.717) is 5.56 Å². The second-order valence-electron chi connectivity index (χ2n) is 7.84. The van der Waals surface area contributed by atoms with E-state index in [0.717, 1.165) is 16.7 Å². The van der Waals surface area contributed by atoms with Crippen LogP contribution in [0.25, 0.3) is 0 Å². The van der Waals surface area contributed by atoms with Gasteiger partial charge in [-0.15, -0.1) is 0 Å². The molecule has 1 atom stereocenters. The third-order valence-electron chi connectivity index (χ3n) is 4.18. The molecule has 0 heterocycles. The van der Waals surface area contributed by atoms with Crippen molar-refractivity contribution in [1.29, 1.82) is 0 Å². The summed E-state index contributed by atoms with van der Waals surface area (Å²) in [5.41, 5.74) is 3.71. The van der Waals surface area contributed by atoms with Crippen LogP contribution in [0.2, 0.25) is 19.6 Å². The number of methoxy groups -OCH3 is 1. The van der Waals surface area contributed by atoms with Gasteiger partial charge in [-0.25, -0.2) is 4.79 Å². The minimum absolute atomic E-state index is 0.208. The van der Waals surface area contributed by atoms with E-state index in [1.54, 1.807) is 12.1 Å². The lowest BCUT2D eigenvalue weighted by atomic mass is 9.98. The Morgan fingerprint density at radius 3 is 1.86 bits per heavy atom. The summed E-state index contributed by atoms with van der Waals surface area (Å²) in [5, 5.41) is 0. The van der Waals surface area contributed by atoms with Crippen molar-refractivity contribution in [3.05, 3.63) is 82.4 Å². The highest BCUT2D eigenvalue weighted by Gasteiger charge is 2.30. The van der Waals surface area contributed by atoms with Crippen molar-refractivity contribution in [2.75, 3.05) is 7.11 Å². The molecule has 0 fully saturated rings. The van der Waals surface area contributed by atoms with Gasteiger partial charge in [-0.2, -0.15) is 0 Å². The summed E-state index contributed by atoms with van der Waals surface area (Å²) < 4.78 is 11.3. The van der Waals surface area contributed by atoms with E-state index in [4.69, 9.17) is 9.16 Å². The number of hydrogen-bond donors (Lipinski definition) is 0. The van der Waals surface area contributed by atoms with Crippen LogP contribution in [0.1, 0.15) is 33.2 Å². The lowest BCUT2D eigenvalue weighted by Gasteiger charge is -2.28. The summed E-state index contributed by atoms with van der Waals surface area (Å²) >= 11 is 0. The van der Waals surface area contributed by atoms with E-state index < -0.39 is 20.4 Å². The molecule has 2 rings (SSSR count). The zero-order valence-electron chi connectivity index (χ0n) is 17.4. The number of ether oxygens (including phenoxy) is 1. The summed E-state index contributed by atoms with van der Waals surface area (Å²) in [7, 11) is -0.723. The van der Waals surface area contributed by atoms with Gasteiger partial charge in [-0.1, -0.05) is 59.7 Å². The maximum atomic E-state index is 12.8.